The third-order valence-corrected chi connectivity index (χ3v) is 4.88. The molecule has 0 saturated carbocycles. The van der Waals surface area contributed by atoms with E-state index in [1.807, 2.05) is 29.6 Å². The standard InChI is InChI=1S/C14H11BrN2O2S/c1-16-10-7-20-12(8-3-5-9(15)6-4-8)11(10)13(18)17(2)14(16)19/h3-7H,1-2H3. The van der Waals surface area contributed by atoms with E-state index in [0.717, 1.165) is 19.5 Å². The molecule has 4 nitrogen and oxygen atoms in total. The smallest absolute Gasteiger partial charge is 0.295 e. The summed E-state index contributed by atoms with van der Waals surface area (Å²) in [4.78, 5) is 25.2. The lowest BCUT2D eigenvalue weighted by atomic mass is 10.1. The molecule has 0 unspecified atom stereocenters. The molecule has 0 N–H and O–H groups in total. The van der Waals surface area contributed by atoms with Gasteiger partial charge in [-0.05, 0) is 17.7 Å². The van der Waals surface area contributed by atoms with Crippen molar-refractivity contribution in [3.63, 3.8) is 0 Å². The zero-order valence-electron chi connectivity index (χ0n) is 10.9. The quantitative estimate of drug-likeness (QED) is 0.677. The highest BCUT2D eigenvalue weighted by Crippen LogP contribution is 2.32. The van der Waals surface area contributed by atoms with Crippen LogP contribution >= 0.6 is 27.3 Å². The highest BCUT2D eigenvalue weighted by atomic mass is 79.9. The monoisotopic (exact) mass is 350 g/mol. The summed E-state index contributed by atoms with van der Waals surface area (Å²) in [7, 11) is 3.19. The normalized spacial score (nSPS) is 11.2. The fraction of sp³-hybridized carbons (Fsp3) is 0.143. The number of nitrogens with zero attached hydrogens (tertiary/aromatic N) is 2. The first-order valence-corrected chi connectivity index (χ1v) is 7.61. The maximum Gasteiger partial charge on any atom is 0.330 e. The molecule has 0 spiro atoms. The number of fused-ring (bicyclic) bond motifs is 1. The van der Waals surface area contributed by atoms with Crippen LogP contribution in [0.4, 0.5) is 0 Å². The molecule has 0 aliphatic rings. The van der Waals surface area contributed by atoms with Gasteiger partial charge in [-0.1, -0.05) is 28.1 Å². The Morgan fingerprint density at radius 2 is 1.70 bits per heavy atom. The molecule has 1 aromatic carbocycles. The van der Waals surface area contributed by atoms with Crippen molar-refractivity contribution in [1.29, 1.82) is 0 Å². The summed E-state index contributed by atoms with van der Waals surface area (Å²) in [6.45, 7) is 0. The van der Waals surface area contributed by atoms with E-state index >= 15 is 0 Å². The lowest BCUT2D eigenvalue weighted by molar-refractivity contribution is 0.715. The van der Waals surface area contributed by atoms with Crippen molar-refractivity contribution in [1.82, 2.24) is 9.13 Å². The molecular formula is C14H11BrN2O2S. The van der Waals surface area contributed by atoms with Gasteiger partial charge in [-0.15, -0.1) is 11.3 Å². The number of rotatable bonds is 1. The van der Waals surface area contributed by atoms with Crippen molar-refractivity contribution < 1.29 is 0 Å². The van der Waals surface area contributed by atoms with Gasteiger partial charge in [-0.2, -0.15) is 0 Å². The van der Waals surface area contributed by atoms with E-state index in [1.54, 1.807) is 7.05 Å². The minimum atomic E-state index is -0.303. The minimum absolute atomic E-state index is 0.248. The zero-order chi connectivity index (χ0) is 14.4. The van der Waals surface area contributed by atoms with E-state index in [-0.39, 0.29) is 11.2 Å². The van der Waals surface area contributed by atoms with Crippen molar-refractivity contribution >= 4 is 38.2 Å². The van der Waals surface area contributed by atoms with Gasteiger partial charge in [0.1, 0.15) is 0 Å². The number of hydrogen-bond donors (Lipinski definition) is 0. The van der Waals surface area contributed by atoms with Crippen LogP contribution in [0.3, 0.4) is 0 Å². The van der Waals surface area contributed by atoms with E-state index < -0.39 is 0 Å². The van der Waals surface area contributed by atoms with Crippen LogP contribution in [0.25, 0.3) is 21.3 Å². The highest BCUT2D eigenvalue weighted by molar-refractivity contribution is 9.10. The summed E-state index contributed by atoms with van der Waals surface area (Å²) in [6.07, 6.45) is 0. The molecule has 0 aliphatic carbocycles. The van der Waals surface area contributed by atoms with Crippen LogP contribution in [-0.4, -0.2) is 9.13 Å². The first kappa shape index (κ1) is 13.3. The Labute approximate surface area is 127 Å². The van der Waals surface area contributed by atoms with Crippen molar-refractivity contribution in [3.8, 4) is 10.4 Å². The largest absolute Gasteiger partial charge is 0.330 e. The molecule has 6 heteroatoms. The molecule has 0 atom stereocenters. The number of aryl methyl sites for hydroxylation is 1. The second kappa shape index (κ2) is 4.71. The fourth-order valence-corrected chi connectivity index (χ4v) is 3.55. The number of aromatic nitrogens is 2. The third kappa shape index (κ3) is 1.87. The Hall–Kier alpha value is -1.66. The Morgan fingerprint density at radius 1 is 1.05 bits per heavy atom. The molecule has 2 aromatic heterocycles. The first-order valence-electron chi connectivity index (χ1n) is 5.94. The van der Waals surface area contributed by atoms with Gasteiger partial charge in [0.05, 0.1) is 10.9 Å². The number of benzene rings is 1. The summed E-state index contributed by atoms with van der Waals surface area (Å²) >= 11 is 4.88. The zero-order valence-corrected chi connectivity index (χ0v) is 13.3. The summed E-state index contributed by atoms with van der Waals surface area (Å²) in [5.41, 5.74) is 1.11. The Kier molecular flexibility index (Phi) is 3.14. The number of halogens is 1. The van der Waals surface area contributed by atoms with Crippen LogP contribution in [0.2, 0.25) is 0 Å². The van der Waals surface area contributed by atoms with Crippen molar-refractivity contribution in [3.05, 3.63) is 55.0 Å². The molecule has 0 aliphatic heterocycles. The van der Waals surface area contributed by atoms with Gasteiger partial charge in [0, 0.05) is 28.8 Å². The van der Waals surface area contributed by atoms with Crippen LogP contribution in [0.1, 0.15) is 0 Å². The van der Waals surface area contributed by atoms with Gasteiger partial charge >= 0.3 is 5.69 Å². The van der Waals surface area contributed by atoms with Gasteiger partial charge in [0.25, 0.3) is 5.56 Å². The van der Waals surface area contributed by atoms with Crippen LogP contribution in [0.5, 0.6) is 0 Å². The minimum Gasteiger partial charge on any atom is -0.295 e. The number of thiophene rings is 1. The van der Waals surface area contributed by atoms with Crippen LogP contribution in [0.15, 0.2) is 43.7 Å². The summed E-state index contributed by atoms with van der Waals surface area (Å²) in [6, 6.07) is 7.79. The van der Waals surface area contributed by atoms with Gasteiger partial charge in [0.15, 0.2) is 0 Å². The Balaban J connectivity index is 2.43. The molecule has 0 saturated heterocycles. The van der Waals surface area contributed by atoms with Crippen molar-refractivity contribution in [2.24, 2.45) is 14.1 Å². The molecule has 20 heavy (non-hydrogen) atoms. The summed E-state index contributed by atoms with van der Waals surface area (Å²) in [5, 5.41) is 2.46. The van der Waals surface area contributed by atoms with Crippen LogP contribution in [0, 0.1) is 0 Å². The maximum atomic E-state index is 12.4. The second-order valence-corrected chi connectivity index (χ2v) is 6.33. The predicted octanol–water partition coefficient (Wildman–Crippen LogP) is 2.73. The number of hydrogen-bond acceptors (Lipinski definition) is 3. The van der Waals surface area contributed by atoms with E-state index in [9.17, 15) is 9.59 Å². The molecule has 0 amide bonds. The molecule has 2 heterocycles. The van der Waals surface area contributed by atoms with Crippen molar-refractivity contribution in [2.45, 2.75) is 0 Å². The SMILES string of the molecule is Cn1c(=O)c2c(-c3ccc(Br)cc3)scc2n(C)c1=O. The predicted molar refractivity (Wildman–Crippen MR) is 85.4 cm³/mol. The Morgan fingerprint density at radius 3 is 2.35 bits per heavy atom. The van der Waals surface area contributed by atoms with Gasteiger partial charge in [0.2, 0.25) is 0 Å². The van der Waals surface area contributed by atoms with Crippen molar-refractivity contribution in [2.75, 3.05) is 0 Å². The lowest BCUT2D eigenvalue weighted by Crippen LogP contribution is -2.36. The molecule has 0 radical (unpaired) electrons. The molecule has 0 fully saturated rings. The molecule has 0 bridgehead atoms. The highest BCUT2D eigenvalue weighted by Gasteiger charge is 2.15. The second-order valence-electron chi connectivity index (χ2n) is 4.54. The average Bonchev–Trinajstić information content (AvgIpc) is 2.88. The maximum absolute atomic E-state index is 12.4. The van der Waals surface area contributed by atoms with E-state index in [1.165, 1.54) is 23.0 Å². The summed E-state index contributed by atoms with van der Waals surface area (Å²) < 4.78 is 3.65. The molecular weight excluding hydrogens is 340 g/mol. The first-order chi connectivity index (χ1) is 9.50. The molecule has 3 aromatic rings. The average molecular weight is 351 g/mol. The van der Waals surface area contributed by atoms with Crippen LogP contribution < -0.4 is 11.2 Å². The van der Waals surface area contributed by atoms with Gasteiger partial charge < -0.3 is 0 Å². The van der Waals surface area contributed by atoms with E-state index in [4.69, 9.17) is 0 Å². The molecule has 3 rings (SSSR count). The van der Waals surface area contributed by atoms with Gasteiger partial charge in [-0.3, -0.25) is 13.9 Å². The van der Waals surface area contributed by atoms with Gasteiger partial charge in [-0.25, -0.2) is 4.79 Å². The lowest BCUT2D eigenvalue weighted by Gasteiger charge is -2.05. The van der Waals surface area contributed by atoms with Crippen LogP contribution in [-0.2, 0) is 14.1 Å². The van der Waals surface area contributed by atoms with E-state index in [2.05, 4.69) is 15.9 Å². The Bertz CT molecular complexity index is 919. The summed E-state index contributed by atoms with van der Waals surface area (Å²) in [5.74, 6) is 0. The third-order valence-electron chi connectivity index (χ3n) is 3.33. The molecule has 102 valence electrons. The fourth-order valence-electron chi connectivity index (χ4n) is 2.20. The van der Waals surface area contributed by atoms with E-state index in [0.29, 0.717) is 10.9 Å². The topological polar surface area (TPSA) is 44.0 Å².